The van der Waals surface area contributed by atoms with Crippen LogP contribution in [0, 0.1) is 0 Å². The SMILES string of the molecule is COC(=O)c1ccc(Nc2ncc(-c3ccc(C(F)(F)F)cn3)o2)cn1. The predicted octanol–water partition coefficient (Wildman–Crippen LogP) is 3.68. The zero-order valence-electron chi connectivity index (χ0n) is 13.2. The van der Waals surface area contributed by atoms with E-state index in [1.165, 1.54) is 31.6 Å². The molecule has 1 N–H and O–H groups in total. The average Bonchev–Trinajstić information content (AvgIpc) is 3.09. The molecule has 0 aromatic carbocycles. The van der Waals surface area contributed by atoms with E-state index >= 15 is 0 Å². The molecule has 0 amide bonds. The van der Waals surface area contributed by atoms with Gasteiger partial charge in [-0.05, 0) is 24.3 Å². The summed E-state index contributed by atoms with van der Waals surface area (Å²) in [6.07, 6.45) is -1.02. The number of nitrogens with one attached hydrogen (secondary N) is 1. The van der Waals surface area contributed by atoms with Crippen LogP contribution in [0.4, 0.5) is 24.9 Å². The van der Waals surface area contributed by atoms with Gasteiger partial charge in [-0.25, -0.2) is 14.8 Å². The van der Waals surface area contributed by atoms with Crippen LogP contribution in [0.1, 0.15) is 16.1 Å². The monoisotopic (exact) mass is 364 g/mol. The molecule has 0 saturated heterocycles. The van der Waals surface area contributed by atoms with Gasteiger partial charge in [-0.1, -0.05) is 0 Å². The molecule has 3 aromatic heterocycles. The molecule has 0 saturated carbocycles. The van der Waals surface area contributed by atoms with Crippen molar-refractivity contribution >= 4 is 17.7 Å². The number of pyridine rings is 2. The number of aromatic nitrogens is 3. The Morgan fingerprint density at radius 1 is 1.08 bits per heavy atom. The summed E-state index contributed by atoms with van der Waals surface area (Å²) in [7, 11) is 1.25. The van der Waals surface area contributed by atoms with E-state index < -0.39 is 17.7 Å². The minimum absolute atomic E-state index is 0.0920. The molecule has 134 valence electrons. The van der Waals surface area contributed by atoms with E-state index in [-0.39, 0.29) is 23.2 Å². The van der Waals surface area contributed by atoms with Gasteiger partial charge in [0.25, 0.3) is 6.01 Å². The highest BCUT2D eigenvalue weighted by atomic mass is 19.4. The molecule has 3 rings (SSSR count). The summed E-state index contributed by atoms with van der Waals surface area (Å²) in [5.74, 6) is -0.372. The van der Waals surface area contributed by atoms with Crippen molar-refractivity contribution < 1.29 is 27.1 Å². The number of ether oxygens (including phenoxy) is 1. The summed E-state index contributed by atoms with van der Waals surface area (Å²) in [5.41, 5.74) is -0.0138. The Hall–Kier alpha value is -3.43. The van der Waals surface area contributed by atoms with Gasteiger partial charge in [-0.2, -0.15) is 13.2 Å². The van der Waals surface area contributed by atoms with Gasteiger partial charge < -0.3 is 14.5 Å². The molecule has 0 bridgehead atoms. The molecule has 3 heterocycles. The molecule has 0 unspecified atom stereocenters. The molecular weight excluding hydrogens is 353 g/mol. The predicted molar refractivity (Wildman–Crippen MR) is 83.6 cm³/mol. The normalized spacial score (nSPS) is 11.2. The molecule has 0 spiro atoms. The first-order valence-corrected chi connectivity index (χ1v) is 7.17. The lowest BCUT2D eigenvalue weighted by Gasteiger charge is -2.05. The molecule has 26 heavy (non-hydrogen) atoms. The molecule has 0 fully saturated rings. The molecule has 3 aromatic rings. The van der Waals surface area contributed by atoms with Crippen molar-refractivity contribution in [1.29, 1.82) is 0 Å². The van der Waals surface area contributed by atoms with Crippen molar-refractivity contribution in [1.82, 2.24) is 15.0 Å². The van der Waals surface area contributed by atoms with Crippen LogP contribution in [0.15, 0.2) is 47.3 Å². The number of halogens is 3. The van der Waals surface area contributed by atoms with Crippen molar-refractivity contribution in [2.24, 2.45) is 0 Å². The number of alkyl halides is 3. The Morgan fingerprint density at radius 2 is 1.88 bits per heavy atom. The Bertz CT molecular complexity index is 906. The van der Waals surface area contributed by atoms with Crippen LogP contribution in [0.5, 0.6) is 0 Å². The third-order valence-electron chi connectivity index (χ3n) is 3.26. The van der Waals surface area contributed by atoms with Crippen LogP contribution in [0.2, 0.25) is 0 Å². The highest BCUT2D eigenvalue weighted by molar-refractivity contribution is 5.87. The van der Waals surface area contributed by atoms with Crippen molar-refractivity contribution in [2.45, 2.75) is 6.18 Å². The molecule has 7 nitrogen and oxygen atoms in total. The van der Waals surface area contributed by atoms with Gasteiger partial charge in [0.2, 0.25) is 0 Å². The number of methoxy groups -OCH3 is 1. The first kappa shape index (κ1) is 17.4. The van der Waals surface area contributed by atoms with E-state index in [2.05, 4.69) is 25.0 Å². The smallest absolute Gasteiger partial charge is 0.417 e. The Balaban J connectivity index is 1.73. The number of esters is 1. The Morgan fingerprint density at radius 3 is 2.46 bits per heavy atom. The zero-order valence-corrected chi connectivity index (χ0v) is 13.2. The van der Waals surface area contributed by atoms with E-state index in [1.807, 2.05) is 0 Å². The summed E-state index contributed by atoms with van der Waals surface area (Å²) in [4.78, 5) is 22.9. The van der Waals surface area contributed by atoms with Gasteiger partial charge in [0.1, 0.15) is 11.4 Å². The molecule has 0 radical (unpaired) electrons. The van der Waals surface area contributed by atoms with Crippen molar-refractivity contribution in [3.8, 4) is 11.5 Å². The summed E-state index contributed by atoms with van der Waals surface area (Å²) in [5, 5.41) is 2.81. The van der Waals surface area contributed by atoms with Crippen LogP contribution in [-0.4, -0.2) is 28.0 Å². The van der Waals surface area contributed by atoms with Gasteiger partial charge in [0.15, 0.2) is 5.76 Å². The molecule has 10 heteroatoms. The number of carbonyl (C=O) groups excluding carboxylic acids is 1. The molecule has 0 atom stereocenters. The van der Waals surface area contributed by atoms with Crippen LogP contribution < -0.4 is 5.32 Å². The second-order valence-electron chi connectivity index (χ2n) is 5.01. The van der Waals surface area contributed by atoms with Crippen LogP contribution >= 0.6 is 0 Å². The summed E-state index contributed by atoms with van der Waals surface area (Å²) in [6, 6.07) is 5.22. The fourth-order valence-electron chi connectivity index (χ4n) is 1.97. The zero-order chi connectivity index (χ0) is 18.7. The van der Waals surface area contributed by atoms with Gasteiger partial charge >= 0.3 is 12.1 Å². The lowest BCUT2D eigenvalue weighted by molar-refractivity contribution is -0.137. The Labute approximate surface area is 144 Å². The minimum atomic E-state index is -4.46. The van der Waals surface area contributed by atoms with Gasteiger partial charge in [-0.15, -0.1) is 0 Å². The molecular formula is C16H11F3N4O3. The number of hydrogen-bond acceptors (Lipinski definition) is 7. The van der Waals surface area contributed by atoms with E-state index in [4.69, 9.17) is 4.42 Å². The quantitative estimate of drug-likeness (QED) is 0.706. The number of oxazole rings is 1. The topological polar surface area (TPSA) is 90.1 Å². The summed E-state index contributed by atoms with van der Waals surface area (Å²) < 4.78 is 47.6. The van der Waals surface area contributed by atoms with Gasteiger partial charge in [0.05, 0.1) is 30.8 Å². The van der Waals surface area contributed by atoms with Crippen LogP contribution in [-0.2, 0) is 10.9 Å². The van der Waals surface area contributed by atoms with Gasteiger partial charge in [0, 0.05) is 6.20 Å². The van der Waals surface area contributed by atoms with Crippen LogP contribution in [0.25, 0.3) is 11.5 Å². The largest absolute Gasteiger partial charge is 0.464 e. The fourth-order valence-corrected chi connectivity index (χ4v) is 1.97. The van der Waals surface area contributed by atoms with Crippen LogP contribution in [0.3, 0.4) is 0 Å². The number of carbonyl (C=O) groups is 1. The second-order valence-corrected chi connectivity index (χ2v) is 5.01. The van der Waals surface area contributed by atoms with Crippen molar-refractivity contribution in [3.63, 3.8) is 0 Å². The number of anilines is 2. The highest BCUT2D eigenvalue weighted by Gasteiger charge is 2.30. The third-order valence-corrected chi connectivity index (χ3v) is 3.26. The summed E-state index contributed by atoms with van der Waals surface area (Å²) >= 11 is 0. The second kappa shape index (κ2) is 6.82. The van der Waals surface area contributed by atoms with E-state index in [0.29, 0.717) is 5.69 Å². The summed E-state index contributed by atoms with van der Waals surface area (Å²) in [6.45, 7) is 0. The molecule has 0 aliphatic carbocycles. The maximum atomic E-state index is 12.5. The lowest BCUT2D eigenvalue weighted by atomic mass is 10.2. The highest BCUT2D eigenvalue weighted by Crippen LogP contribution is 2.30. The number of nitrogens with zero attached hydrogens (tertiary/aromatic N) is 3. The minimum Gasteiger partial charge on any atom is -0.464 e. The number of hydrogen-bond donors (Lipinski definition) is 1. The molecule has 0 aliphatic rings. The fraction of sp³-hybridized carbons (Fsp3) is 0.125. The average molecular weight is 364 g/mol. The van der Waals surface area contributed by atoms with Crippen molar-refractivity contribution in [3.05, 3.63) is 54.1 Å². The lowest BCUT2D eigenvalue weighted by Crippen LogP contribution is -2.05. The standard InChI is InChI=1S/C16H11F3N4O3/c1-25-14(24)12-5-3-10(7-21-12)23-15-22-8-13(26-15)11-4-2-9(6-20-11)16(17,18)19/h2-8H,1H3,(H,22,23). The van der Waals surface area contributed by atoms with E-state index in [1.54, 1.807) is 6.07 Å². The third kappa shape index (κ3) is 3.79. The first-order chi connectivity index (χ1) is 12.4. The van der Waals surface area contributed by atoms with E-state index in [0.717, 1.165) is 12.3 Å². The molecule has 0 aliphatic heterocycles. The van der Waals surface area contributed by atoms with Gasteiger partial charge in [-0.3, -0.25) is 4.98 Å². The number of rotatable bonds is 4. The maximum absolute atomic E-state index is 12.5. The maximum Gasteiger partial charge on any atom is 0.417 e. The van der Waals surface area contributed by atoms with E-state index in [9.17, 15) is 18.0 Å². The first-order valence-electron chi connectivity index (χ1n) is 7.17. The Kier molecular flexibility index (Phi) is 4.57. The van der Waals surface area contributed by atoms with Crippen molar-refractivity contribution in [2.75, 3.05) is 12.4 Å².